The highest BCUT2D eigenvalue weighted by molar-refractivity contribution is 7.47. The molecule has 3 N–H and O–H groups in total. The lowest BCUT2D eigenvalue weighted by atomic mass is 9.99. The van der Waals surface area contributed by atoms with Gasteiger partial charge in [0, 0.05) is 25.7 Å². The average molecular weight is 1240 g/mol. The van der Waals surface area contributed by atoms with Crippen LogP contribution in [0.25, 0.3) is 0 Å². The molecule has 0 bridgehead atoms. The maximum atomic E-state index is 13.0. The summed E-state index contributed by atoms with van der Waals surface area (Å²) in [6.45, 7) is 14.0. The van der Waals surface area contributed by atoms with Crippen molar-refractivity contribution in [2.45, 2.75) is 331 Å². The zero-order valence-corrected chi connectivity index (χ0v) is 56.3. The third-order valence-electron chi connectivity index (χ3n) is 15.5. The lowest BCUT2D eigenvalue weighted by Crippen LogP contribution is -2.30. The van der Waals surface area contributed by atoms with Crippen LogP contribution in [-0.4, -0.2) is 96.7 Å². The van der Waals surface area contributed by atoms with Gasteiger partial charge in [0.25, 0.3) is 0 Å². The number of hydrogen-bond donors (Lipinski definition) is 3. The number of carbonyl (C=O) groups is 4. The fraction of sp³-hybridized carbons (Fsp3) is 0.938. The van der Waals surface area contributed by atoms with Gasteiger partial charge in [-0.2, -0.15) is 0 Å². The number of unbranched alkanes of at least 4 members (excludes halogenated alkanes) is 26. The number of aliphatic hydroxyl groups excluding tert-OH is 1. The van der Waals surface area contributed by atoms with Gasteiger partial charge in [0.15, 0.2) is 12.2 Å². The number of aliphatic hydroxyl groups is 1. The quantitative estimate of drug-likeness (QED) is 0.0222. The third kappa shape index (κ3) is 56.6. The second kappa shape index (κ2) is 55.2. The van der Waals surface area contributed by atoms with Crippen molar-refractivity contribution in [3.8, 4) is 0 Å². The first-order valence-corrected chi connectivity index (χ1v) is 36.8. The highest BCUT2D eigenvalue weighted by Crippen LogP contribution is 2.45. The van der Waals surface area contributed by atoms with E-state index in [0.717, 1.165) is 120 Å². The monoisotopic (exact) mass is 1240 g/mol. The number of ether oxygens (including phenoxy) is 4. The Kier molecular flexibility index (Phi) is 53.9. The van der Waals surface area contributed by atoms with Crippen molar-refractivity contribution in [2.24, 2.45) is 23.7 Å². The van der Waals surface area contributed by atoms with Crippen molar-refractivity contribution in [2.75, 3.05) is 39.6 Å². The van der Waals surface area contributed by atoms with Gasteiger partial charge in [-0.1, -0.05) is 261 Å². The van der Waals surface area contributed by atoms with Crippen LogP contribution < -0.4 is 0 Å². The number of phosphoric acid groups is 2. The molecule has 0 aliphatic rings. The molecule has 0 aromatic rings. The second-order valence-electron chi connectivity index (χ2n) is 24.9. The molecule has 0 aromatic carbocycles. The minimum absolute atomic E-state index is 0.103. The summed E-state index contributed by atoms with van der Waals surface area (Å²) in [5.41, 5.74) is 0. The Labute approximate surface area is 511 Å². The van der Waals surface area contributed by atoms with Gasteiger partial charge in [0.2, 0.25) is 0 Å². The van der Waals surface area contributed by atoms with E-state index in [1.54, 1.807) is 0 Å². The maximum absolute atomic E-state index is 13.0. The zero-order chi connectivity index (χ0) is 62.5. The van der Waals surface area contributed by atoms with E-state index in [1.165, 1.54) is 103 Å². The molecule has 7 atom stereocenters. The maximum Gasteiger partial charge on any atom is 0.472 e. The summed E-state index contributed by atoms with van der Waals surface area (Å²) in [5.74, 6) is 0.802. The van der Waals surface area contributed by atoms with Crippen molar-refractivity contribution in [1.82, 2.24) is 0 Å². The molecule has 17 nitrogen and oxygen atoms in total. The molecule has 84 heavy (non-hydrogen) atoms. The molecule has 0 saturated carbocycles. The molecule has 0 fully saturated rings. The van der Waals surface area contributed by atoms with Crippen molar-refractivity contribution < 1.29 is 80.2 Å². The first-order chi connectivity index (χ1) is 40.2. The normalized spacial score (nSPS) is 15.1. The summed E-state index contributed by atoms with van der Waals surface area (Å²) in [7, 11) is -9.89. The first-order valence-electron chi connectivity index (χ1n) is 33.8. The highest BCUT2D eigenvalue weighted by Gasteiger charge is 2.30. The number of hydrogen-bond acceptors (Lipinski definition) is 15. The topological polar surface area (TPSA) is 237 Å². The molecule has 5 unspecified atom stereocenters. The van der Waals surface area contributed by atoms with Crippen LogP contribution in [0.2, 0.25) is 0 Å². The molecule has 0 aliphatic heterocycles. The van der Waals surface area contributed by atoms with E-state index in [2.05, 4.69) is 55.4 Å². The summed E-state index contributed by atoms with van der Waals surface area (Å²) in [4.78, 5) is 72.3. The highest BCUT2D eigenvalue weighted by atomic mass is 31.2. The van der Waals surface area contributed by atoms with Crippen LogP contribution in [0.15, 0.2) is 0 Å². The van der Waals surface area contributed by atoms with Crippen molar-refractivity contribution in [3.63, 3.8) is 0 Å². The fourth-order valence-corrected chi connectivity index (χ4v) is 11.1. The number of rotatable bonds is 62. The van der Waals surface area contributed by atoms with E-state index in [-0.39, 0.29) is 25.7 Å². The Morgan fingerprint density at radius 3 is 0.845 bits per heavy atom. The van der Waals surface area contributed by atoms with Crippen LogP contribution in [0.5, 0.6) is 0 Å². The van der Waals surface area contributed by atoms with Crippen molar-refractivity contribution >= 4 is 39.5 Å². The van der Waals surface area contributed by atoms with Gasteiger partial charge < -0.3 is 33.8 Å². The largest absolute Gasteiger partial charge is 0.472 e. The molecular weight excluding hydrogens is 1110 g/mol. The van der Waals surface area contributed by atoms with Gasteiger partial charge in [-0.15, -0.1) is 0 Å². The van der Waals surface area contributed by atoms with Crippen LogP contribution in [0.3, 0.4) is 0 Å². The molecule has 0 amide bonds. The first kappa shape index (κ1) is 82.1. The molecule has 0 aliphatic carbocycles. The smallest absolute Gasteiger partial charge is 0.462 e. The Morgan fingerprint density at radius 2 is 0.571 bits per heavy atom. The van der Waals surface area contributed by atoms with Crippen LogP contribution in [0, 0.1) is 23.7 Å². The van der Waals surface area contributed by atoms with Crippen LogP contribution >= 0.6 is 15.6 Å². The summed E-state index contributed by atoms with van der Waals surface area (Å²) in [5, 5.41) is 10.5. The van der Waals surface area contributed by atoms with Gasteiger partial charge in [-0.3, -0.25) is 37.3 Å². The Bertz CT molecular complexity index is 1680. The Morgan fingerprint density at radius 1 is 0.333 bits per heavy atom. The minimum Gasteiger partial charge on any atom is -0.462 e. The average Bonchev–Trinajstić information content (AvgIpc) is 3.47. The van der Waals surface area contributed by atoms with Crippen molar-refractivity contribution in [3.05, 3.63) is 0 Å². The molecule has 0 saturated heterocycles. The van der Waals surface area contributed by atoms with E-state index in [1.807, 2.05) is 0 Å². The van der Waals surface area contributed by atoms with Crippen LogP contribution in [-0.2, 0) is 65.4 Å². The van der Waals surface area contributed by atoms with Gasteiger partial charge in [0.05, 0.1) is 26.4 Å². The lowest BCUT2D eigenvalue weighted by Gasteiger charge is -2.21. The van der Waals surface area contributed by atoms with E-state index >= 15 is 0 Å². The second-order valence-corrected chi connectivity index (χ2v) is 27.8. The molecule has 0 radical (unpaired) electrons. The van der Waals surface area contributed by atoms with Gasteiger partial charge in [0.1, 0.15) is 19.3 Å². The van der Waals surface area contributed by atoms with Crippen LogP contribution in [0.4, 0.5) is 0 Å². The molecule has 19 heteroatoms. The lowest BCUT2D eigenvalue weighted by molar-refractivity contribution is -0.161. The number of esters is 4. The zero-order valence-electron chi connectivity index (χ0n) is 54.5. The Balaban J connectivity index is 5.27. The molecule has 0 spiro atoms. The third-order valence-corrected chi connectivity index (χ3v) is 17.4. The predicted molar refractivity (Wildman–Crippen MR) is 335 cm³/mol. The van der Waals surface area contributed by atoms with Gasteiger partial charge in [-0.25, -0.2) is 9.13 Å². The van der Waals surface area contributed by atoms with Gasteiger partial charge >= 0.3 is 39.5 Å². The molecule has 0 heterocycles. The molecular formula is C65H126O17P2. The van der Waals surface area contributed by atoms with E-state index in [9.17, 15) is 43.2 Å². The minimum atomic E-state index is -4.95. The SMILES string of the molecule is CCC(C)CCCCCCCCCCC(=O)O[C@H](COC(=O)CCCCCCCCC(C)CC)COP(=O)(O)OCC(O)COP(=O)(O)OC[C@@H](COC(=O)CCCCCCCCCC(C)C)OC(=O)CCCCCCCCCCCC(C)C. The standard InChI is InChI=1S/C65H126O17P2/c1-9-57(7)43-35-27-19-14-15-21-32-40-48-65(70)82-61(52-76-63(68)46-38-30-24-23-28-36-44-58(8)10-2)54-80-84(73,74)78-50-59(66)49-77-83(71,72)79-53-60(51-75-62(67)45-37-29-22-16-18-26-34-42-56(5)6)81-64(69)47-39-31-20-13-11-12-17-25-33-41-55(3)4/h55-61,66H,9-54H2,1-8H3,(H,71,72)(H,73,74)/t57?,58?,59?,60-,61-/m1/s1. The summed E-state index contributed by atoms with van der Waals surface area (Å²) in [6, 6.07) is 0. The summed E-state index contributed by atoms with van der Waals surface area (Å²) in [6.07, 6.45) is 34.9. The Hall–Kier alpha value is -1.94. The van der Waals surface area contributed by atoms with E-state index in [0.29, 0.717) is 31.6 Å². The predicted octanol–water partition coefficient (Wildman–Crippen LogP) is 17.8. The van der Waals surface area contributed by atoms with E-state index < -0.39 is 97.5 Å². The van der Waals surface area contributed by atoms with Gasteiger partial charge in [-0.05, 0) is 49.4 Å². The summed E-state index contributed by atoms with van der Waals surface area (Å²) < 4.78 is 68.0. The fourth-order valence-electron chi connectivity index (χ4n) is 9.54. The number of phosphoric ester groups is 2. The summed E-state index contributed by atoms with van der Waals surface area (Å²) >= 11 is 0. The number of carbonyl (C=O) groups excluding carboxylic acids is 4. The molecule has 0 rings (SSSR count). The van der Waals surface area contributed by atoms with E-state index in [4.69, 9.17) is 37.0 Å². The molecule has 498 valence electrons. The molecule has 0 aromatic heterocycles. The van der Waals surface area contributed by atoms with Crippen LogP contribution in [0.1, 0.15) is 312 Å². The van der Waals surface area contributed by atoms with Crippen molar-refractivity contribution in [1.29, 1.82) is 0 Å².